The summed E-state index contributed by atoms with van der Waals surface area (Å²) in [4.78, 5) is 57.4. The van der Waals surface area contributed by atoms with Crippen molar-refractivity contribution in [1.29, 1.82) is 0 Å². The fourth-order valence-electron chi connectivity index (χ4n) is 5.28. The Bertz CT molecular complexity index is 2110. The summed E-state index contributed by atoms with van der Waals surface area (Å²) in [6.45, 7) is 5.59. The van der Waals surface area contributed by atoms with Gasteiger partial charge in [0.2, 0.25) is 5.91 Å². The maximum absolute atomic E-state index is 14.1. The molecule has 0 unspecified atom stereocenters. The van der Waals surface area contributed by atoms with E-state index in [9.17, 15) is 24.5 Å². The van der Waals surface area contributed by atoms with E-state index in [0.29, 0.717) is 29.7 Å². The van der Waals surface area contributed by atoms with Crippen LogP contribution in [-0.2, 0) is 21.0 Å². The van der Waals surface area contributed by atoms with Crippen LogP contribution in [0.3, 0.4) is 0 Å². The van der Waals surface area contributed by atoms with Crippen molar-refractivity contribution in [2.24, 2.45) is 4.99 Å². The molecule has 13 heteroatoms. The van der Waals surface area contributed by atoms with Gasteiger partial charge in [-0.3, -0.25) is 29.4 Å². The van der Waals surface area contributed by atoms with Crippen molar-refractivity contribution in [3.05, 3.63) is 179 Å². The molecular weight excluding hydrogens is 918 g/mol. The first-order valence-corrected chi connectivity index (χ1v) is 19.3. The van der Waals surface area contributed by atoms with Gasteiger partial charge in [0.25, 0.3) is 17.5 Å². The van der Waals surface area contributed by atoms with Crippen LogP contribution in [0.15, 0.2) is 144 Å². The molecule has 10 nitrogen and oxygen atoms in total. The van der Waals surface area contributed by atoms with Gasteiger partial charge < -0.3 is 10.1 Å². The number of hydrogen-bond acceptors (Lipinski definition) is 7. The number of carbonyl (C=O) groups excluding carboxylic acids is 3. The quantitative estimate of drug-likeness (QED) is 0.0354. The van der Waals surface area contributed by atoms with Gasteiger partial charge in [-0.25, -0.2) is 0 Å². The summed E-state index contributed by atoms with van der Waals surface area (Å²) >= 11 is 5.20. The molecule has 53 heavy (non-hydrogen) atoms. The number of allylic oxidation sites excluding steroid dienone is 4. The molecule has 1 aliphatic rings. The highest BCUT2D eigenvalue weighted by Gasteiger charge is 2.35. The molecule has 0 fully saturated rings. The molecule has 1 N–H and O–H groups in total. The number of benzene rings is 4. The molecule has 0 saturated heterocycles. The summed E-state index contributed by atoms with van der Waals surface area (Å²) < 4.78 is 7.44. The normalized spacial score (nSPS) is 14.1. The number of non-ortho nitro benzene ring substituents is 1. The van der Waals surface area contributed by atoms with Crippen LogP contribution in [0.1, 0.15) is 35.2 Å². The Morgan fingerprint density at radius 1 is 1.00 bits per heavy atom. The number of hydrogen-bond donors (Lipinski definition) is 1. The highest BCUT2D eigenvalue weighted by atomic mass is 127. The molecule has 1 aliphatic heterocycles. The van der Waals surface area contributed by atoms with Gasteiger partial charge in [-0.2, -0.15) is 4.99 Å². The molecular formula is C40H32I2N4O6S. The van der Waals surface area contributed by atoms with Gasteiger partial charge in [0.1, 0.15) is 17.9 Å². The highest BCUT2D eigenvalue weighted by molar-refractivity contribution is 14.1. The number of nitro groups is 1. The molecule has 1 heterocycles. The van der Waals surface area contributed by atoms with E-state index in [1.165, 1.54) is 23.1 Å². The van der Waals surface area contributed by atoms with Crippen LogP contribution in [0, 0.1) is 17.3 Å². The minimum atomic E-state index is -0.736. The van der Waals surface area contributed by atoms with Crippen LogP contribution in [0.2, 0.25) is 0 Å². The van der Waals surface area contributed by atoms with Crippen molar-refractivity contribution in [3.8, 4) is 5.75 Å². The number of halogens is 2. The number of nitrogens with one attached hydrogen (secondary N) is 1. The van der Waals surface area contributed by atoms with Crippen molar-refractivity contribution < 1.29 is 24.0 Å². The molecule has 0 radical (unpaired) electrons. The van der Waals surface area contributed by atoms with Gasteiger partial charge in [-0.1, -0.05) is 109 Å². The topological polar surface area (TPSA) is 131 Å². The maximum atomic E-state index is 14.1. The second-order valence-corrected chi connectivity index (χ2v) is 14.6. The van der Waals surface area contributed by atoms with Crippen LogP contribution >= 0.6 is 56.9 Å². The predicted octanol–water partition coefficient (Wildman–Crippen LogP) is 8.78. The fraction of sp³-hybridized carbons (Fsp3) is 0.100. The average molecular weight is 951 g/mol. The van der Waals surface area contributed by atoms with Crippen LogP contribution in [0.5, 0.6) is 5.75 Å². The van der Waals surface area contributed by atoms with E-state index in [1.54, 1.807) is 55.5 Å². The van der Waals surface area contributed by atoms with Crippen LogP contribution in [0.25, 0.3) is 6.08 Å². The second kappa shape index (κ2) is 18.8. The number of thioether (sulfide) groups is 1. The zero-order valence-corrected chi connectivity index (χ0v) is 33.4. The zero-order valence-electron chi connectivity index (χ0n) is 28.3. The number of amides is 3. The van der Waals surface area contributed by atoms with E-state index in [2.05, 4.69) is 62.1 Å². The molecule has 0 aliphatic carbocycles. The number of aliphatic imine (C=N–C) groups is 1. The Labute approximate surface area is 338 Å². The van der Waals surface area contributed by atoms with Gasteiger partial charge >= 0.3 is 0 Å². The van der Waals surface area contributed by atoms with Crippen LogP contribution < -0.4 is 10.1 Å². The minimum absolute atomic E-state index is 0.0263. The lowest BCUT2D eigenvalue weighted by Gasteiger charge is -2.28. The number of nitro benzene ring substituents is 1. The number of nitrogens with zero attached hydrogens (tertiary/aromatic N) is 3. The average Bonchev–Trinajstić information content (AvgIpc) is 3.16. The number of ether oxygens (including phenoxy) is 1. The van der Waals surface area contributed by atoms with E-state index in [4.69, 9.17) is 4.74 Å². The summed E-state index contributed by atoms with van der Waals surface area (Å²) in [6, 6.07) is 28.6. The van der Waals surface area contributed by atoms with E-state index in [-0.39, 0.29) is 34.7 Å². The fourth-order valence-corrected chi connectivity index (χ4v) is 8.21. The van der Waals surface area contributed by atoms with Crippen LogP contribution in [-0.4, -0.2) is 38.5 Å². The SMILES string of the molecule is C=C/C=C\C(=C/C)N1C(=O)/C(=C/c2cc(I)c(OCc3cccc([N+](=O)[O-])c3)c(I)c2)C(=O)N=C1SCC(=O)NC(c1ccccc1)c1ccccc1. The third-order valence-corrected chi connectivity index (χ3v) is 10.3. The Balaban J connectivity index is 1.39. The lowest BCUT2D eigenvalue weighted by molar-refractivity contribution is -0.384. The first-order valence-electron chi connectivity index (χ1n) is 16.1. The third kappa shape index (κ3) is 10.2. The lowest BCUT2D eigenvalue weighted by atomic mass is 9.99. The summed E-state index contributed by atoms with van der Waals surface area (Å²) in [7, 11) is 0. The van der Waals surface area contributed by atoms with Crippen molar-refractivity contribution in [1.82, 2.24) is 10.2 Å². The molecule has 3 amide bonds. The first kappa shape index (κ1) is 39.3. The Kier molecular flexibility index (Phi) is 13.9. The second-order valence-electron chi connectivity index (χ2n) is 11.3. The molecule has 4 aromatic rings. The van der Waals surface area contributed by atoms with Gasteiger partial charge in [0.05, 0.1) is 23.9 Å². The molecule has 0 aromatic heterocycles. The maximum Gasteiger partial charge on any atom is 0.285 e. The van der Waals surface area contributed by atoms with Gasteiger partial charge in [0, 0.05) is 17.8 Å². The van der Waals surface area contributed by atoms with Gasteiger partial charge in [-0.05, 0) is 98.6 Å². The number of carbonyl (C=O) groups is 3. The van der Waals surface area contributed by atoms with E-state index in [1.807, 2.05) is 60.7 Å². The molecule has 5 rings (SSSR count). The standard InChI is InChI=1S/C40H32I2N4O6S/c1-3-5-18-30(4-2)45-39(49)32(21-27-22-33(41)37(34(42)23-27)52-24-26-13-12-19-31(20-26)46(50)51)38(48)44-40(45)53-25-35(47)43-36(28-14-8-6-9-15-28)29-16-10-7-11-17-29/h3-23,36H,1,24-25H2,2H3,(H,43,47)/b18-5-,30-4+,32-21+. The van der Waals surface area contributed by atoms with Crippen molar-refractivity contribution >= 4 is 91.6 Å². The summed E-state index contributed by atoms with van der Waals surface area (Å²) in [5.41, 5.74) is 3.28. The molecule has 0 saturated carbocycles. The van der Waals surface area contributed by atoms with Gasteiger partial charge in [-0.15, -0.1) is 0 Å². The highest BCUT2D eigenvalue weighted by Crippen LogP contribution is 2.32. The molecule has 0 bridgehead atoms. The monoisotopic (exact) mass is 950 g/mol. The summed E-state index contributed by atoms with van der Waals surface area (Å²) in [5, 5.41) is 14.3. The van der Waals surface area contributed by atoms with Crippen molar-refractivity contribution in [2.45, 2.75) is 19.6 Å². The van der Waals surface area contributed by atoms with Crippen molar-refractivity contribution in [3.63, 3.8) is 0 Å². The van der Waals surface area contributed by atoms with E-state index in [0.717, 1.165) is 22.9 Å². The van der Waals surface area contributed by atoms with Crippen LogP contribution in [0.4, 0.5) is 5.69 Å². The lowest BCUT2D eigenvalue weighted by Crippen LogP contribution is -2.42. The first-order chi connectivity index (χ1) is 25.6. The summed E-state index contributed by atoms with van der Waals surface area (Å²) in [6.07, 6.45) is 8.10. The molecule has 0 atom stereocenters. The molecule has 268 valence electrons. The smallest absolute Gasteiger partial charge is 0.285 e. The molecule has 4 aromatic carbocycles. The Hall–Kier alpha value is -4.87. The number of rotatable bonds is 13. The minimum Gasteiger partial charge on any atom is -0.487 e. The Morgan fingerprint density at radius 2 is 1.64 bits per heavy atom. The largest absolute Gasteiger partial charge is 0.487 e. The summed E-state index contributed by atoms with van der Waals surface area (Å²) in [5.74, 6) is -1.19. The molecule has 0 spiro atoms. The predicted molar refractivity (Wildman–Crippen MR) is 225 cm³/mol. The van der Waals surface area contributed by atoms with Gasteiger partial charge in [0.15, 0.2) is 5.17 Å². The Morgan fingerprint density at radius 3 is 2.23 bits per heavy atom. The third-order valence-electron chi connectivity index (χ3n) is 7.75. The van der Waals surface area contributed by atoms with Crippen molar-refractivity contribution in [2.75, 3.05) is 5.75 Å². The van der Waals surface area contributed by atoms with E-state index < -0.39 is 22.8 Å². The zero-order chi connectivity index (χ0) is 37.9. The number of amidine groups is 1. The van der Waals surface area contributed by atoms with E-state index >= 15 is 0 Å².